The van der Waals surface area contributed by atoms with Crippen LogP contribution in [0.4, 0.5) is 0 Å². The largest absolute Gasteiger partial charge is 0.303 e. The summed E-state index contributed by atoms with van der Waals surface area (Å²) in [5, 5.41) is 7.55. The lowest BCUT2D eigenvalue weighted by Gasteiger charge is -1.98. The molecule has 0 unspecified atom stereocenters. The standard InChI is InChI=1S/C9H11N2/c1-2-5-8(10)9-6-3-4-7-11-9/h3,6-7,10H,2,5H2,1H3. The molecule has 1 rings (SSSR count). The zero-order valence-corrected chi connectivity index (χ0v) is 6.59. The normalized spacial score (nSPS) is 9.55. The van der Waals surface area contributed by atoms with Gasteiger partial charge in [-0.3, -0.25) is 4.98 Å². The van der Waals surface area contributed by atoms with Crippen molar-refractivity contribution in [3.8, 4) is 0 Å². The summed E-state index contributed by atoms with van der Waals surface area (Å²) in [7, 11) is 0. The Balaban J connectivity index is 2.69. The van der Waals surface area contributed by atoms with E-state index in [1.807, 2.05) is 6.07 Å². The van der Waals surface area contributed by atoms with Crippen molar-refractivity contribution >= 4 is 5.71 Å². The van der Waals surface area contributed by atoms with Gasteiger partial charge in [-0.1, -0.05) is 19.4 Å². The molecule has 1 heterocycles. The molecule has 0 aliphatic carbocycles. The van der Waals surface area contributed by atoms with E-state index in [4.69, 9.17) is 5.41 Å². The molecule has 1 aromatic rings. The Bertz CT molecular complexity index is 229. The van der Waals surface area contributed by atoms with E-state index in [-0.39, 0.29) is 0 Å². The SMILES string of the molecule is CCCC(=N)c1cc[c]cn1. The summed E-state index contributed by atoms with van der Waals surface area (Å²) >= 11 is 0. The molecule has 0 saturated heterocycles. The van der Waals surface area contributed by atoms with Gasteiger partial charge in [0.2, 0.25) is 0 Å². The van der Waals surface area contributed by atoms with E-state index >= 15 is 0 Å². The van der Waals surface area contributed by atoms with Crippen molar-refractivity contribution in [3.05, 3.63) is 30.1 Å². The summed E-state index contributed by atoms with van der Waals surface area (Å²) in [5.74, 6) is 0. The van der Waals surface area contributed by atoms with Gasteiger partial charge in [0.15, 0.2) is 0 Å². The zero-order valence-electron chi connectivity index (χ0n) is 6.59. The number of rotatable bonds is 3. The third-order valence-corrected chi connectivity index (χ3v) is 1.42. The third-order valence-electron chi connectivity index (χ3n) is 1.42. The fourth-order valence-corrected chi connectivity index (χ4v) is 0.877. The van der Waals surface area contributed by atoms with Crippen molar-refractivity contribution in [2.45, 2.75) is 19.8 Å². The van der Waals surface area contributed by atoms with Crippen LogP contribution in [0.15, 0.2) is 18.3 Å². The molecular weight excluding hydrogens is 136 g/mol. The number of hydrogen-bond acceptors (Lipinski definition) is 2. The van der Waals surface area contributed by atoms with E-state index < -0.39 is 0 Å². The van der Waals surface area contributed by atoms with Crippen LogP contribution in [0, 0.1) is 11.5 Å². The maximum atomic E-state index is 7.55. The van der Waals surface area contributed by atoms with Gasteiger partial charge < -0.3 is 5.41 Å². The second-order valence-electron chi connectivity index (χ2n) is 2.37. The van der Waals surface area contributed by atoms with Gasteiger partial charge in [-0.2, -0.15) is 0 Å². The molecule has 0 fully saturated rings. The van der Waals surface area contributed by atoms with Gasteiger partial charge in [0.05, 0.1) is 11.4 Å². The second kappa shape index (κ2) is 3.86. The summed E-state index contributed by atoms with van der Waals surface area (Å²) in [6.07, 6.45) is 3.40. The molecule has 0 saturated carbocycles. The van der Waals surface area contributed by atoms with Crippen molar-refractivity contribution in [1.82, 2.24) is 4.98 Å². The molecule has 0 bridgehead atoms. The van der Waals surface area contributed by atoms with Crippen LogP contribution < -0.4 is 0 Å². The number of pyridine rings is 1. The summed E-state index contributed by atoms with van der Waals surface area (Å²) in [4.78, 5) is 4.02. The minimum atomic E-state index is 0.612. The topological polar surface area (TPSA) is 36.7 Å². The van der Waals surface area contributed by atoms with E-state index in [2.05, 4.69) is 18.0 Å². The predicted molar refractivity (Wildman–Crippen MR) is 44.8 cm³/mol. The molecule has 0 atom stereocenters. The van der Waals surface area contributed by atoms with E-state index in [0.717, 1.165) is 18.5 Å². The first-order chi connectivity index (χ1) is 5.34. The summed E-state index contributed by atoms with van der Waals surface area (Å²) in [6, 6.07) is 6.42. The number of aromatic nitrogens is 1. The highest BCUT2D eigenvalue weighted by Gasteiger charge is 1.98. The number of nitrogens with one attached hydrogen (secondary N) is 1. The van der Waals surface area contributed by atoms with Gasteiger partial charge in [0.25, 0.3) is 0 Å². The Morgan fingerprint density at radius 2 is 2.55 bits per heavy atom. The third kappa shape index (κ3) is 2.15. The Morgan fingerprint density at radius 1 is 1.73 bits per heavy atom. The smallest absolute Gasteiger partial charge is 0.0837 e. The van der Waals surface area contributed by atoms with E-state index in [1.165, 1.54) is 0 Å². The molecule has 1 aromatic heterocycles. The minimum absolute atomic E-state index is 0.612. The molecule has 1 N–H and O–H groups in total. The average Bonchev–Trinajstić information content (AvgIpc) is 2.07. The fourth-order valence-electron chi connectivity index (χ4n) is 0.877. The quantitative estimate of drug-likeness (QED) is 0.653. The molecule has 57 valence electrons. The highest BCUT2D eigenvalue weighted by Crippen LogP contribution is 1.99. The Labute approximate surface area is 66.8 Å². The lowest BCUT2D eigenvalue weighted by Crippen LogP contribution is -2.00. The lowest BCUT2D eigenvalue weighted by atomic mass is 10.1. The van der Waals surface area contributed by atoms with Crippen molar-refractivity contribution < 1.29 is 0 Å². The number of nitrogens with zero attached hydrogens (tertiary/aromatic N) is 1. The highest BCUT2D eigenvalue weighted by atomic mass is 14.7. The van der Waals surface area contributed by atoms with E-state index in [0.29, 0.717) is 5.71 Å². The predicted octanol–water partition coefficient (Wildman–Crippen LogP) is 2.05. The maximum Gasteiger partial charge on any atom is 0.0837 e. The van der Waals surface area contributed by atoms with Gasteiger partial charge in [0, 0.05) is 12.3 Å². The summed E-state index contributed by atoms with van der Waals surface area (Å²) in [5.41, 5.74) is 1.38. The Morgan fingerprint density at radius 3 is 3.09 bits per heavy atom. The lowest BCUT2D eigenvalue weighted by molar-refractivity contribution is 0.979. The molecule has 2 heteroatoms. The molecule has 2 nitrogen and oxygen atoms in total. The van der Waals surface area contributed by atoms with Crippen molar-refractivity contribution in [3.63, 3.8) is 0 Å². The van der Waals surface area contributed by atoms with Crippen LogP contribution in [0.5, 0.6) is 0 Å². The monoisotopic (exact) mass is 147 g/mol. The first-order valence-electron chi connectivity index (χ1n) is 3.74. The summed E-state index contributed by atoms with van der Waals surface area (Å²) in [6.45, 7) is 2.06. The van der Waals surface area contributed by atoms with E-state index in [9.17, 15) is 0 Å². The molecule has 0 spiro atoms. The van der Waals surface area contributed by atoms with Crippen molar-refractivity contribution in [2.24, 2.45) is 0 Å². The van der Waals surface area contributed by atoms with Crippen LogP contribution in [0.2, 0.25) is 0 Å². The van der Waals surface area contributed by atoms with Crippen LogP contribution in [-0.4, -0.2) is 10.7 Å². The fraction of sp³-hybridized carbons (Fsp3) is 0.333. The zero-order chi connectivity index (χ0) is 8.10. The molecular formula is C9H11N2. The van der Waals surface area contributed by atoms with Crippen LogP contribution in [0.3, 0.4) is 0 Å². The molecule has 0 aliphatic heterocycles. The highest BCUT2D eigenvalue weighted by molar-refractivity contribution is 5.96. The van der Waals surface area contributed by atoms with Crippen LogP contribution in [-0.2, 0) is 0 Å². The first kappa shape index (κ1) is 7.92. The minimum Gasteiger partial charge on any atom is -0.303 e. The van der Waals surface area contributed by atoms with Gasteiger partial charge in [-0.25, -0.2) is 0 Å². The molecule has 11 heavy (non-hydrogen) atoms. The first-order valence-corrected chi connectivity index (χ1v) is 3.74. The Kier molecular flexibility index (Phi) is 2.78. The molecule has 1 radical (unpaired) electrons. The van der Waals surface area contributed by atoms with Gasteiger partial charge >= 0.3 is 0 Å². The van der Waals surface area contributed by atoms with Crippen LogP contribution >= 0.6 is 0 Å². The van der Waals surface area contributed by atoms with Crippen molar-refractivity contribution in [1.29, 1.82) is 5.41 Å². The molecule has 0 amide bonds. The van der Waals surface area contributed by atoms with Crippen LogP contribution in [0.1, 0.15) is 25.5 Å². The summed E-state index contributed by atoms with van der Waals surface area (Å²) < 4.78 is 0. The van der Waals surface area contributed by atoms with Gasteiger partial charge in [0.1, 0.15) is 0 Å². The van der Waals surface area contributed by atoms with Gasteiger partial charge in [-0.15, -0.1) is 0 Å². The molecule has 0 aliphatic rings. The Hall–Kier alpha value is -1.18. The number of hydrogen-bond donors (Lipinski definition) is 1. The van der Waals surface area contributed by atoms with Crippen LogP contribution in [0.25, 0.3) is 0 Å². The van der Waals surface area contributed by atoms with Gasteiger partial charge in [-0.05, 0) is 12.5 Å². The van der Waals surface area contributed by atoms with Crippen molar-refractivity contribution in [2.75, 3.05) is 0 Å². The molecule has 0 aromatic carbocycles. The maximum absolute atomic E-state index is 7.55. The average molecular weight is 147 g/mol. The van der Waals surface area contributed by atoms with E-state index in [1.54, 1.807) is 12.3 Å². The second-order valence-corrected chi connectivity index (χ2v) is 2.37.